The standard InChI is InChI=1S/C13H28N4/c1-11(2)17-6-3-12(9-17)13(14)10-16-7-4-15-5-8-16/h11-13,15H,3-10,14H2,1-2H3. The molecule has 2 atom stereocenters. The summed E-state index contributed by atoms with van der Waals surface area (Å²) in [6, 6.07) is 1.03. The van der Waals surface area contributed by atoms with Crippen LogP contribution < -0.4 is 11.1 Å². The third kappa shape index (κ3) is 3.65. The average Bonchev–Trinajstić information content (AvgIpc) is 2.79. The Morgan fingerprint density at radius 1 is 1.24 bits per heavy atom. The molecule has 2 saturated heterocycles. The Labute approximate surface area is 106 Å². The van der Waals surface area contributed by atoms with Gasteiger partial charge in [0, 0.05) is 51.4 Å². The van der Waals surface area contributed by atoms with E-state index < -0.39 is 0 Å². The molecule has 0 aromatic heterocycles. The molecule has 2 heterocycles. The predicted octanol–water partition coefficient (Wildman–Crippen LogP) is -0.0508. The number of piperazine rings is 1. The molecule has 0 radical (unpaired) electrons. The first-order chi connectivity index (χ1) is 8.16. The van der Waals surface area contributed by atoms with E-state index in [4.69, 9.17) is 5.73 Å². The number of nitrogens with one attached hydrogen (secondary N) is 1. The number of likely N-dealkylation sites (tertiary alicyclic amines) is 1. The lowest BCUT2D eigenvalue weighted by Crippen LogP contribution is -2.50. The molecule has 2 aliphatic rings. The minimum atomic E-state index is 0.358. The van der Waals surface area contributed by atoms with Crippen molar-refractivity contribution in [2.75, 3.05) is 45.8 Å². The second-order valence-electron chi connectivity index (χ2n) is 5.85. The molecule has 0 saturated carbocycles. The number of rotatable bonds is 4. The fraction of sp³-hybridized carbons (Fsp3) is 1.00. The second kappa shape index (κ2) is 6.14. The van der Waals surface area contributed by atoms with Crippen LogP contribution >= 0.6 is 0 Å². The molecule has 0 spiro atoms. The molecule has 2 rings (SSSR count). The van der Waals surface area contributed by atoms with Gasteiger partial charge in [-0.15, -0.1) is 0 Å². The molecule has 100 valence electrons. The van der Waals surface area contributed by atoms with Crippen molar-refractivity contribution in [2.45, 2.75) is 32.4 Å². The maximum absolute atomic E-state index is 6.38. The Kier molecular flexibility index (Phi) is 4.79. The van der Waals surface area contributed by atoms with Crippen LogP contribution in [0.2, 0.25) is 0 Å². The van der Waals surface area contributed by atoms with Crippen molar-refractivity contribution < 1.29 is 0 Å². The van der Waals surface area contributed by atoms with Crippen LogP contribution in [0.1, 0.15) is 20.3 Å². The van der Waals surface area contributed by atoms with E-state index in [-0.39, 0.29) is 0 Å². The summed E-state index contributed by atoms with van der Waals surface area (Å²) < 4.78 is 0. The van der Waals surface area contributed by atoms with E-state index in [0.29, 0.717) is 18.0 Å². The number of nitrogens with two attached hydrogens (primary N) is 1. The van der Waals surface area contributed by atoms with Gasteiger partial charge in [-0.1, -0.05) is 0 Å². The highest BCUT2D eigenvalue weighted by Crippen LogP contribution is 2.21. The van der Waals surface area contributed by atoms with Crippen LogP contribution in [-0.2, 0) is 0 Å². The quantitative estimate of drug-likeness (QED) is 0.723. The SMILES string of the molecule is CC(C)N1CCC(C(N)CN2CCNCC2)C1. The summed E-state index contributed by atoms with van der Waals surface area (Å²) >= 11 is 0. The lowest BCUT2D eigenvalue weighted by molar-refractivity contribution is 0.200. The number of hydrogen-bond acceptors (Lipinski definition) is 4. The van der Waals surface area contributed by atoms with Gasteiger partial charge in [0.05, 0.1) is 0 Å². The first-order valence-corrected chi connectivity index (χ1v) is 7.09. The van der Waals surface area contributed by atoms with E-state index in [0.717, 1.165) is 32.7 Å². The summed E-state index contributed by atoms with van der Waals surface area (Å²) in [5.74, 6) is 0.701. The summed E-state index contributed by atoms with van der Waals surface area (Å²) in [5.41, 5.74) is 6.38. The summed E-state index contributed by atoms with van der Waals surface area (Å²) in [4.78, 5) is 5.07. The first-order valence-electron chi connectivity index (χ1n) is 7.09. The van der Waals surface area contributed by atoms with Gasteiger partial charge in [0.2, 0.25) is 0 Å². The van der Waals surface area contributed by atoms with E-state index in [1.54, 1.807) is 0 Å². The summed E-state index contributed by atoms with van der Waals surface area (Å²) in [5, 5.41) is 3.39. The average molecular weight is 240 g/mol. The van der Waals surface area contributed by atoms with E-state index in [1.807, 2.05) is 0 Å². The molecule has 4 nitrogen and oxygen atoms in total. The van der Waals surface area contributed by atoms with Crippen LogP contribution in [0.4, 0.5) is 0 Å². The van der Waals surface area contributed by atoms with Crippen LogP contribution in [0.3, 0.4) is 0 Å². The fourth-order valence-corrected chi connectivity index (χ4v) is 2.97. The zero-order valence-electron chi connectivity index (χ0n) is 11.4. The van der Waals surface area contributed by atoms with Gasteiger partial charge in [-0.3, -0.25) is 4.90 Å². The third-order valence-electron chi connectivity index (χ3n) is 4.27. The van der Waals surface area contributed by atoms with Gasteiger partial charge in [0.15, 0.2) is 0 Å². The Morgan fingerprint density at radius 3 is 2.53 bits per heavy atom. The normalized spacial score (nSPS) is 30.0. The summed E-state index contributed by atoms with van der Waals surface area (Å²) in [7, 11) is 0. The molecule has 17 heavy (non-hydrogen) atoms. The lowest BCUT2D eigenvalue weighted by atomic mass is 9.99. The molecule has 0 aliphatic carbocycles. The van der Waals surface area contributed by atoms with E-state index in [9.17, 15) is 0 Å². The smallest absolute Gasteiger partial charge is 0.0209 e. The number of nitrogens with zero attached hydrogens (tertiary/aromatic N) is 2. The summed E-state index contributed by atoms with van der Waals surface area (Å²) in [6.45, 7) is 12.6. The molecule has 4 heteroatoms. The third-order valence-corrected chi connectivity index (χ3v) is 4.27. The highest BCUT2D eigenvalue weighted by Gasteiger charge is 2.29. The molecular formula is C13H28N4. The van der Waals surface area contributed by atoms with E-state index in [2.05, 4.69) is 29.0 Å². The molecule has 0 aromatic rings. The zero-order valence-corrected chi connectivity index (χ0v) is 11.4. The highest BCUT2D eigenvalue weighted by molar-refractivity contribution is 4.86. The van der Waals surface area contributed by atoms with Crippen molar-refractivity contribution in [3.8, 4) is 0 Å². The fourth-order valence-electron chi connectivity index (χ4n) is 2.97. The summed E-state index contributed by atoms with van der Waals surface area (Å²) in [6.07, 6.45) is 1.28. The highest BCUT2D eigenvalue weighted by atomic mass is 15.2. The molecule has 0 aromatic carbocycles. The molecular weight excluding hydrogens is 212 g/mol. The van der Waals surface area contributed by atoms with Crippen molar-refractivity contribution in [1.29, 1.82) is 0 Å². The van der Waals surface area contributed by atoms with Gasteiger partial charge < -0.3 is 16.0 Å². The molecule has 2 unspecified atom stereocenters. The van der Waals surface area contributed by atoms with Gasteiger partial charge in [-0.25, -0.2) is 0 Å². The Bertz CT molecular complexity index is 225. The Balaban J connectivity index is 1.74. The van der Waals surface area contributed by atoms with Gasteiger partial charge in [-0.05, 0) is 32.7 Å². The maximum atomic E-state index is 6.38. The van der Waals surface area contributed by atoms with Gasteiger partial charge in [-0.2, -0.15) is 0 Å². The largest absolute Gasteiger partial charge is 0.326 e. The number of hydrogen-bond donors (Lipinski definition) is 2. The Morgan fingerprint density at radius 2 is 1.94 bits per heavy atom. The van der Waals surface area contributed by atoms with Crippen LogP contribution in [0.25, 0.3) is 0 Å². The van der Waals surface area contributed by atoms with Gasteiger partial charge in [0.25, 0.3) is 0 Å². The van der Waals surface area contributed by atoms with Crippen molar-refractivity contribution in [2.24, 2.45) is 11.7 Å². The van der Waals surface area contributed by atoms with Crippen LogP contribution in [0.15, 0.2) is 0 Å². The predicted molar refractivity (Wildman–Crippen MR) is 72.1 cm³/mol. The first kappa shape index (κ1) is 13.3. The van der Waals surface area contributed by atoms with Crippen molar-refractivity contribution in [1.82, 2.24) is 15.1 Å². The molecule has 2 aliphatic heterocycles. The van der Waals surface area contributed by atoms with E-state index in [1.165, 1.54) is 19.5 Å². The van der Waals surface area contributed by atoms with Crippen molar-refractivity contribution in [3.05, 3.63) is 0 Å². The molecule has 2 fully saturated rings. The minimum absolute atomic E-state index is 0.358. The second-order valence-corrected chi connectivity index (χ2v) is 5.85. The van der Waals surface area contributed by atoms with Crippen LogP contribution in [-0.4, -0.2) is 67.7 Å². The van der Waals surface area contributed by atoms with E-state index >= 15 is 0 Å². The Hall–Kier alpha value is -0.160. The topological polar surface area (TPSA) is 44.5 Å². The van der Waals surface area contributed by atoms with Gasteiger partial charge >= 0.3 is 0 Å². The maximum Gasteiger partial charge on any atom is 0.0209 e. The zero-order chi connectivity index (χ0) is 12.3. The van der Waals surface area contributed by atoms with Gasteiger partial charge in [0.1, 0.15) is 0 Å². The van der Waals surface area contributed by atoms with Crippen LogP contribution in [0.5, 0.6) is 0 Å². The van der Waals surface area contributed by atoms with Crippen LogP contribution in [0, 0.1) is 5.92 Å². The van der Waals surface area contributed by atoms with Crippen molar-refractivity contribution >= 4 is 0 Å². The lowest BCUT2D eigenvalue weighted by Gasteiger charge is -2.31. The monoisotopic (exact) mass is 240 g/mol. The molecule has 3 N–H and O–H groups in total. The molecule has 0 bridgehead atoms. The molecule has 0 amide bonds. The minimum Gasteiger partial charge on any atom is -0.326 e. The van der Waals surface area contributed by atoms with Crippen molar-refractivity contribution in [3.63, 3.8) is 0 Å².